The highest BCUT2D eigenvalue weighted by Crippen LogP contribution is 1.98. The van der Waals surface area contributed by atoms with Crippen LogP contribution in [0.25, 0.3) is 0 Å². The van der Waals surface area contributed by atoms with Gasteiger partial charge in [0.25, 0.3) is 0 Å². The molecule has 0 spiro atoms. The molecule has 0 aliphatic carbocycles. The molecule has 0 aromatic rings. The van der Waals surface area contributed by atoms with Crippen LogP contribution in [-0.2, 0) is 14.3 Å². The van der Waals surface area contributed by atoms with Gasteiger partial charge in [0.2, 0.25) is 0 Å². The summed E-state index contributed by atoms with van der Waals surface area (Å²) in [4.78, 5) is 11.0. The van der Waals surface area contributed by atoms with E-state index in [1.54, 1.807) is 6.92 Å². The minimum absolute atomic E-state index is 0.278. The lowest BCUT2D eigenvalue weighted by Gasteiger charge is -2.06. The monoisotopic (exact) mass is 243 g/mol. The average Bonchev–Trinajstić information content (AvgIpc) is 2.30. The molecule has 0 saturated heterocycles. The summed E-state index contributed by atoms with van der Waals surface area (Å²) in [5.74, 6) is 0.411. The number of carbonyl (C=O) groups excluding carboxylic acids is 1. The molecule has 4 nitrogen and oxygen atoms in total. The molecule has 0 fully saturated rings. The number of ether oxygens (including phenoxy) is 2. The molecule has 0 unspecified atom stereocenters. The second kappa shape index (κ2) is 10.3. The number of esters is 1. The zero-order chi connectivity index (χ0) is 13.1. The maximum Gasteiger partial charge on any atom is 0.333 e. The van der Waals surface area contributed by atoms with Gasteiger partial charge in [-0.1, -0.05) is 19.9 Å². The van der Waals surface area contributed by atoms with E-state index in [1.807, 2.05) is 6.08 Å². The van der Waals surface area contributed by atoms with Crippen LogP contribution in [0.2, 0.25) is 0 Å². The molecule has 17 heavy (non-hydrogen) atoms. The Kier molecular flexibility index (Phi) is 9.77. The smallest absolute Gasteiger partial charge is 0.333 e. The van der Waals surface area contributed by atoms with Crippen molar-refractivity contribution < 1.29 is 14.3 Å². The molecular formula is C13H25NO3. The molecule has 100 valence electrons. The van der Waals surface area contributed by atoms with Crippen molar-refractivity contribution in [1.29, 1.82) is 0 Å². The lowest BCUT2D eigenvalue weighted by Crippen LogP contribution is -2.20. The van der Waals surface area contributed by atoms with Gasteiger partial charge in [0, 0.05) is 25.3 Å². The molecule has 4 heteroatoms. The number of carbonyl (C=O) groups is 1. The van der Waals surface area contributed by atoms with Crippen LogP contribution in [0.4, 0.5) is 0 Å². The lowest BCUT2D eigenvalue weighted by atomic mass is 10.1. The van der Waals surface area contributed by atoms with Crippen LogP contribution >= 0.6 is 0 Å². The topological polar surface area (TPSA) is 47.6 Å². The summed E-state index contributed by atoms with van der Waals surface area (Å²) in [6.07, 6.45) is 2.92. The molecule has 0 rings (SSSR count). The largest absolute Gasteiger partial charge is 0.466 e. The fraction of sp³-hybridized carbons (Fsp3) is 0.769. The van der Waals surface area contributed by atoms with Gasteiger partial charge in [0.05, 0.1) is 13.7 Å². The minimum Gasteiger partial charge on any atom is -0.466 e. The highest BCUT2D eigenvalue weighted by molar-refractivity contribution is 5.87. The Bertz CT molecular complexity index is 237. The predicted molar refractivity (Wildman–Crippen MR) is 68.9 cm³/mol. The van der Waals surface area contributed by atoms with Gasteiger partial charge in [-0.05, 0) is 19.3 Å². The van der Waals surface area contributed by atoms with Crippen molar-refractivity contribution in [3.63, 3.8) is 0 Å². The number of nitrogens with one attached hydrogen (secondary N) is 1. The van der Waals surface area contributed by atoms with Crippen molar-refractivity contribution in [2.75, 3.05) is 33.4 Å². The maximum absolute atomic E-state index is 11.0. The zero-order valence-electron chi connectivity index (χ0n) is 11.4. The van der Waals surface area contributed by atoms with Crippen LogP contribution in [0, 0.1) is 5.92 Å². The highest BCUT2D eigenvalue weighted by Gasteiger charge is 2.00. The third-order valence-electron chi connectivity index (χ3n) is 2.32. The van der Waals surface area contributed by atoms with Gasteiger partial charge in [-0.3, -0.25) is 0 Å². The Hall–Kier alpha value is -0.870. The van der Waals surface area contributed by atoms with E-state index in [1.165, 1.54) is 7.11 Å². The molecule has 0 saturated carbocycles. The Morgan fingerprint density at radius 2 is 2.06 bits per heavy atom. The van der Waals surface area contributed by atoms with Crippen molar-refractivity contribution in [2.24, 2.45) is 5.92 Å². The molecule has 0 aliphatic heterocycles. The van der Waals surface area contributed by atoms with E-state index in [9.17, 15) is 4.79 Å². The van der Waals surface area contributed by atoms with Gasteiger partial charge in [-0.2, -0.15) is 0 Å². The van der Waals surface area contributed by atoms with Crippen molar-refractivity contribution >= 4 is 5.97 Å². The SMILES string of the molecule is COC(=O)C(C)=CCNCCOCCC(C)C. The fourth-order valence-electron chi connectivity index (χ4n) is 1.14. The molecule has 0 heterocycles. The highest BCUT2D eigenvalue weighted by atomic mass is 16.5. The van der Waals surface area contributed by atoms with Gasteiger partial charge in [-0.25, -0.2) is 4.79 Å². The lowest BCUT2D eigenvalue weighted by molar-refractivity contribution is -0.136. The van der Waals surface area contributed by atoms with E-state index < -0.39 is 0 Å². The van der Waals surface area contributed by atoms with Crippen molar-refractivity contribution in [3.05, 3.63) is 11.6 Å². The Morgan fingerprint density at radius 1 is 1.35 bits per heavy atom. The van der Waals surface area contributed by atoms with E-state index in [-0.39, 0.29) is 5.97 Å². The molecular weight excluding hydrogens is 218 g/mol. The normalized spacial score (nSPS) is 11.9. The summed E-state index contributed by atoms with van der Waals surface area (Å²) in [6.45, 7) is 9.09. The van der Waals surface area contributed by atoms with Gasteiger partial charge < -0.3 is 14.8 Å². The summed E-state index contributed by atoms with van der Waals surface area (Å²) in [5.41, 5.74) is 0.626. The van der Waals surface area contributed by atoms with E-state index in [4.69, 9.17) is 4.74 Å². The van der Waals surface area contributed by atoms with Crippen LogP contribution in [0.15, 0.2) is 11.6 Å². The molecule has 0 aliphatic rings. The summed E-state index contributed by atoms with van der Waals surface area (Å²) >= 11 is 0. The average molecular weight is 243 g/mol. The summed E-state index contributed by atoms with van der Waals surface area (Å²) < 4.78 is 10.0. The van der Waals surface area contributed by atoms with Crippen LogP contribution in [0.3, 0.4) is 0 Å². The molecule has 0 atom stereocenters. The van der Waals surface area contributed by atoms with Gasteiger partial charge in [0.1, 0.15) is 0 Å². The first kappa shape index (κ1) is 16.1. The van der Waals surface area contributed by atoms with Crippen LogP contribution < -0.4 is 5.32 Å². The van der Waals surface area contributed by atoms with Crippen LogP contribution in [0.5, 0.6) is 0 Å². The Labute approximate surface area is 104 Å². The van der Waals surface area contributed by atoms with Crippen molar-refractivity contribution in [2.45, 2.75) is 27.2 Å². The summed E-state index contributed by atoms with van der Waals surface area (Å²) in [6, 6.07) is 0. The fourth-order valence-corrected chi connectivity index (χ4v) is 1.14. The van der Waals surface area contributed by atoms with Crippen LogP contribution in [0.1, 0.15) is 27.2 Å². The Morgan fingerprint density at radius 3 is 2.65 bits per heavy atom. The Balaban J connectivity index is 3.37. The molecule has 0 bridgehead atoms. The van der Waals surface area contributed by atoms with Crippen LogP contribution in [-0.4, -0.2) is 39.4 Å². The van der Waals surface area contributed by atoms with Crippen molar-refractivity contribution in [3.8, 4) is 0 Å². The summed E-state index contributed by atoms with van der Waals surface area (Å²) in [7, 11) is 1.38. The van der Waals surface area contributed by atoms with Gasteiger partial charge in [0.15, 0.2) is 0 Å². The first-order chi connectivity index (χ1) is 8.07. The van der Waals surface area contributed by atoms with Gasteiger partial charge in [-0.15, -0.1) is 0 Å². The predicted octanol–water partition coefficient (Wildman–Crippen LogP) is 1.76. The second-order valence-electron chi connectivity index (χ2n) is 4.38. The third kappa shape index (κ3) is 10.0. The van der Waals surface area contributed by atoms with Gasteiger partial charge >= 0.3 is 5.97 Å². The quantitative estimate of drug-likeness (QED) is 0.381. The first-order valence-electron chi connectivity index (χ1n) is 6.11. The minimum atomic E-state index is -0.278. The molecule has 0 amide bonds. The number of hydrogen-bond donors (Lipinski definition) is 1. The van der Waals surface area contributed by atoms with Crippen molar-refractivity contribution in [1.82, 2.24) is 5.32 Å². The first-order valence-corrected chi connectivity index (χ1v) is 6.11. The van der Waals surface area contributed by atoms with E-state index in [2.05, 4.69) is 23.9 Å². The number of hydrogen-bond acceptors (Lipinski definition) is 4. The maximum atomic E-state index is 11.0. The molecule has 0 radical (unpaired) electrons. The van der Waals surface area contributed by atoms with E-state index >= 15 is 0 Å². The number of methoxy groups -OCH3 is 1. The molecule has 0 aromatic heterocycles. The molecule has 0 aromatic carbocycles. The standard InChI is InChI=1S/C13H25NO3/c1-11(2)6-9-17-10-8-14-7-5-12(3)13(15)16-4/h5,11,14H,6-10H2,1-4H3. The number of rotatable bonds is 9. The van der Waals surface area contributed by atoms with E-state index in [0.29, 0.717) is 24.6 Å². The summed E-state index contributed by atoms with van der Waals surface area (Å²) in [5, 5.41) is 3.17. The second-order valence-corrected chi connectivity index (χ2v) is 4.38. The van der Waals surface area contributed by atoms with E-state index in [0.717, 1.165) is 19.6 Å². The zero-order valence-corrected chi connectivity index (χ0v) is 11.4. The third-order valence-corrected chi connectivity index (χ3v) is 2.32. The molecule has 1 N–H and O–H groups in total.